The van der Waals surface area contributed by atoms with Gasteiger partial charge in [-0.25, -0.2) is 0 Å². The lowest BCUT2D eigenvalue weighted by Gasteiger charge is -2.29. The zero-order valence-corrected chi connectivity index (χ0v) is 10.4. The number of benzene rings is 1. The maximum absolute atomic E-state index is 11.2. The second kappa shape index (κ2) is 5.45. The number of piperidine rings is 1. The molecule has 0 saturated carbocycles. The van der Waals surface area contributed by atoms with Gasteiger partial charge in [0.2, 0.25) is 0 Å². The van der Waals surface area contributed by atoms with Crippen LogP contribution in [0.2, 0.25) is 0 Å². The molecular formula is C15H18N2O2. The van der Waals surface area contributed by atoms with Crippen LogP contribution in [-0.2, 0) is 6.42 Å². The van der Waals surface area contributed by atoms with Crippen molar-refractivity contribution < 1.29 is 11.4 Å². The minimum Gasteiger partial charge on any atom is -0.383 e. The number of hydrogen-bond acceptors (Lipinski definition) is 3. The fraction of sp³-hybridized carbons (Fsp3) is 0.400. The van der Waals surface area contributed by atoms with E-state index in [0.29, 0.717) is 30.7 Å². The molecule has 2 heterocycles. The minimum atomic E-state index is -0.377. The molecule has 4 heteroatoms. The molecule has 0 bridgehead atoms. The summed E-state index contributed by atoms with van der Waals surface area (Å²) in [6.07, 6.45) is 1.82. The monoisotopic (exact) mass is 263 g/mol. The van der Waals surface area contributed by atoms with E-state index in [1.807, 2.05) is 0 Å². The molecule has 1 aliphatic rings. The van der Waals surface area contributed by atoms with Gasteiger partial charge in [-0.3, -0.25) is 4.79 Å². The molecule has 1 aliphatic heterocycles. The third-order valence-electron chi connectivity index (χ3n) is 3.44. The van der Waals surface area contributed by atoms with Crippen LogP contribution in [0, 0.1) is 0 Å². The Hall–Kier alpha value is -1.81. The van der Waals surface area contributed by atoms with Crippen LogP contribution in [-0.4, -0.2) is 17.7 Å². The Balaban J connectivity index is 1.82. The quantitative estimate of drug-likeness (QED) is 0.891. The van der Waals surface area contributed by atoms with E-state index in [-0.39, 0.29) is 47.7 Å². The summed E-state index contributed by atoms with van der Waals surface area (Å²) < 4.78 is 44.3. The van der Waals surface area contributed by atoms with E-state index >= 15 is 0 Å². The van der Waals surface area contributed by atoms with Crippen LogP contribution in [0.3, 0.4) is 0 Å². The van der Waals surface area contributed by atoms with Gasteiger partial charge in [0.25, 0.3) is 5.56 Å². The van der Waals surface area contributed by atoms with E-state index in [0.717, 1.165) is 6.42 Å². The van der Waals surface area contributed by atoms with Crippen LogP contribution < -0.4 is 10.9 Å². The second-order valence-corrected chi connectivity index (χ2v) is 4.80. The molecule has 0 amide bonds. The number of rotatable bonds is 3. The number of nitrogens with one attached hydrogen (secondary N) is 2. The Bertz CT molecular complexity index is 788. The first-order chi connectivity index (χ1) is 11.4. The van der Waals surface area contributed by atoms with Crippen molar-refractivity contribution in [2.75, 3.05) is 6.54 Å². The first kappa shape index (κ1) is 7.70. The zero-order valence-electron chi connectivity index (χ0n) is 15.4. The second-order valence-electron chi connectivity index (χ2n) is 4.80. The summed E-state index contributed by atoms with van der Waals surface area (Å²) in [6, 6.07) is 0.0865. The van der Waals surface area contributed by atoms with Gasteiger partial charge in [0.05, 0.1) is 6.85 Å². The SMILES string of the molecule is [2H]c1c([2H])c([2H])c(C[C@H]2C[C@@H](c3cc(=O)[nH]o3)CCN2)c([2H])c1[2H]. The Kier molecular flexibility index (Phi) is 2.21. The van der Waals surface area contributed by atoms with Crippen LogP contribution in [0.5, 0.6) is 0 Å². The van der Waals surface area contributed by atoms with Gasteiger partial charge < -0.3 is 9.84 Å². The summed E-state index contributed by atoms with van der Waals surface area (Å²) in [5, 5.41) is 5.60. The maximum atomic E-state index is 11.2. The first-order valence-electron chi connectivity index (χ1n) is 8.86. The molecule has 2 aromatic rings. The van der Waals surface area contributed by atoms with Crippen LogP contribution in [0.15, 0.2) is 45.6 Å². The van der Waals surface area contributed by atoms with E-state index in [2.05, 4.69) is 10.5 Å². The van der Waals surface area contributed by atoms with Crippen molar-refractivity contribution in [3.63, 3.8) is 0 Å². The molecule has 3 rings (SSSR count). The van der Waals surface area contributed by atoms with Gasteiger partial charge in [-0.05, 0) is 31.4 Å². The van der Waals surface area contributed by atoms with Crippen molar-refractivity contribution in [3.05, 3.63) is 58.0 Å². The van der Waals surface area contributed by atoms with Gasteiger partial charge in [-0.15, -0.1) is 0 Å². The highest BCUT2D eigenvalue weighted by molar-refractivity contribution is 5.17. The first-order valence-corrected chi connectivity index (χ1v) is 6.36. The lowest BCUT2D eigenvalue weighted by atomic mass is 9.87. The molecule has 0 spiro atoms. The molecule has 19 heavy (non-hydrogen) atoms. The van der Waals surface area contributed by atoms with Crippen molar-refractivity contribution in [1.82, 2.24) is 10.5 Å². The Morgan fingerprint density at radius 3 is 2.95 bits per heavy atom. The molecular weight excluding hydrogens is 240 g/mol. The number of aromatic amines is 1. The summed E-state index contributed by atoms with van der Waals surface area (Å²) in [7, 11) is 0. The van der Waals surface area contributed by atoms with E-state index in [1.54, 1.807) is 0 Å². The predicted octanol–water partition coefficient (Wildman–Crippen LogP) is 2.05. The summed E-state index contributed by atoms with van der Waals surface area (Å²) in [6.45, 7) is 0.711. The lowest BCUT2D eigenvalue weighted by Crippen LogP contribution is -2.38. The van der Waals surface area contributed by atoms with E-state index < -0.39 is 0 Å². The number of H-pyrrole nitrogens is 1. The minimum absolute atomic E-state index is 0.0486. The summed E-state index contributed by atoms with van der Waals surface area (Å²) in [5.41, 5.74) is 0.0420. The van der Waals surface area contributed by atoms with Gasteiger partial charge in [-0.2, -0.15) is 5.16 Å². The van der Waals surface area contributed by atoms with Gasteiger partial charge in [0.15, 0.2) is 0 Å². The van der Waals surface area contributed by atoms with Gasteiger partial charge in [-0.1, -0.05) is 30.2 Å². The fourth-order valence-electron chi connectivity index (χ4n) is 2.54. The molecule has 2 N–H and O–H groups in total. The Morgan fingerprint density at radius 1 is 1.37 bits per heavy atom. The molecule has 0 radical (unpaired) electrons. The van der Waals surface area contributed by atoms with Crippen molar-refractivity contribution >= 4 is 0 Å². The van der Waals surface area contributed by atoms with Crippen molar-refractivity contribution in [3.8, 4) is 0 Å². The average molecular weight is 263 g/mol. The zero-order chi connectivity index (χ0) is 17.4. The smallest absolute Gasteiger partial charge is 0.280 e. The van der Waals surface area contributed by atoms with E-state index in [9.17, 15) is 4.79 Å². The maximum Gasteiger partial charge on any atom is 0.280 e. The summed E-state index contributed by atoms with van der Waals surface area (Å²) in [5.74, 6) is 0.674. The molecule has 2 atom stereocenters. The van der Waals surface area contributed by atoms with Crippen LogP contribution in [0.4, 0.5) is 0 Å². The number of hydrogen-bond donors (Lipinski definition) is 2. The topological polar surface area (TPSA) is 58.0 Å². The van der Waals surface area contributed by atoms with Crippen LogP contribution in [0.1, 0.15) is 36.9 Å². The highest BCUT2D eigenvalue weighted by Gasteiger charge is 2.25. The van der Waals surface area contributed by atoms with Crippen molar-refractivity contribution in [2.24, 2.45) is 0 Å². The largest absolute Gasteiger partial charge is 0.383 e. The van der Waals surface area contributed by atoms with Crippen molar-refractivity contribution in [1.29, 1.82) is 0 Å². The lowest BCUT2D eigenvalue weighted by molar-refractivity contribution is 0.292. The standard InChI is InChI=1S/C15H18N2O2/c18-15-10-14(19-17-15)12-6-7-16-13(9-12)8-11-4-2-1-3-5-11/h1-5,10,12-13,16H,6-9H2,(H,17,18)/t12-,13-/m0/s1/i1D,2D,3D,4D,5D. The fourth-order valence-corrected chi connectivity index (χ4v) is 2.54. The predicted molar refractivity (Wildman–Crippen MR) is 73.2 cm³/mol. The Labute approximate surface area is 118 Å². The summed E-state index contributed by atoms with van der Waals surface area (Å²) >= 11 is 0. The van der Waals surface area contributed by atoms with E-state index in [4.69, 9.17) is 11.4 Å². The molecule has 1 aromatic heterocycles. The molecule has 100 valence electrons. The molecule has 1 aromatic carbocycles. The normalized spacial score (nSPS) is 27.1. The molecule has 0 unspecified atom stereocenters. The number of aromatic nitrogens is 1. The average Bonchev–Trinajstić information content (AvgIpc) is 3.02. The van der Waals surface area contributed by atoms with Crippen LogP contribution >= 0.6 is 0 Å². The van der Waals surface area contributed by atoms with Crippen LogP contribution in [0.25, 0.3) is 0 Å². The molecule has 0 aliphatic carbocycles. The molecule has 1 saturated heterocycles. The third-order valence-corrected chi connectivity index (χ3v) is 3.44. The highest BCUT2D eigenvalue weighted by Crippen LogP contribution is 2.27. The summed E-state index contributed by atoms with van der Waals surface area (Å²) in [4.78, 5) is 11.2. The van der Waals surface area contributed by atoms with Gasteiger partial charge >= 0.3 is 0 Å². The van der Waals surface area contributed by atoms with Gasteiger partial charge in [0, 0.05) is 18.0 Å². The molecule has 1 fully saturated rings. The van der Waals surface area contributed by atoms with Crippen molar-refractivity contribution in [2.45, 2.75) is 31.2 Å². The Morgan fingerprint density at radius 2 is 2.21 bits per heavy atom. The molecule has 4 nitrogen and oxygen atoms in total. The highest BCUT2D eigenvalue weighted by atomic mass is 16.5. The third kappa shape index (κ3) is 2.96. The van der Waals surface area contributed by atoms with E-state index in [1.165, 1.54) is 6.07 Å². The van der Waals surface area contributed by atoms with Gasteiger partial charge in [0.1, 0.15) is 5.76 Å².